The lowest BCUT2D eigenvalue weighted by Gasteiger charge is -2.00. The molecular formula is C11H11BrO. The molecular weight excluding hydrogens is 228 g/mol. The summed E-state index contributed by atoms with van der Waals surface area (Å²) in [6.07, 6.45) is 4.07. The molecule has 1 nitrogen and oxygen atoms in total. The summed E-state index contributed by atoms with van der Waals surface area (Å²) in [5, 5.41) is 0. The molecule has 0 atom stereocenters. The summed E-state index contributed by atoms with van der Waals surface area (Å²) in [6.45, 7) is 0. The van der Waals surface area contributed by atoms with Crippen LogP contribution in [0.3, 0.4) is 0 Å². The molecule has 0 saturated carbocycles. The highest BCUT2D eigenvalue weighted by molar-refractivity contribution is 9.10. The number of rotatable bonds is 1. The molecule has 0 radical (unpaired) electrons. The maximum atomic E-state index is 5.04. The number of fused-ring (bicyclic) bond motifs is 1. The predicted molar refractivity (Wildman–Crippen MR) is 57.4 cm³/mol. The summed E-state index contributed by atoms with van der Waals surface area (Å²) < 4.78 is 6.20. The first kappa shape index (κ1) is 8.82. The third-order valence-electron chi connectivity index (χ3n) is 2.34. The standard InChI is InChI=1S/C11H11BrO/c1-13-7-9-3-2-8-6-10(12)4-5-11(8)9/h4-7H,2-3H2,1H3/b9-7+. The van der Waals surface area contributed by atoms with Crippen molar-refractivity contribution in [1.82, 2.24) is 0 Å². The fourth-order valence-electron chi connectivity index (χ4n) is 1.75. The van der Waals surface area contributed by atoms with Gasteiger partial charge < -0.3 is 4.74 Å². The fraction of sp³-hybridized carbons (Fsp3) is 0.273. The van der Waals surface area contributed by atoms with Crippen LogP contribution < -0.4 is 0 Å². The van der Waals surface area contributed by atoms with E-state index in [0.717, 1.165) is 17.3 Å². The number of halogens is 1. The van der Waals surface area contributed by atoms with E-state index in [1.54, 1.807) is 7.11 Å². The van der Waals surface area contributed by atoms with Gasteiger partial charge in [0.2, 0.25) is 0 Å². The largest absolute Gasteiger partial charge is 0.504 e. The first-order valence-corrected chi connectivity index (χ1v) is 5.11. The van der Waals surface area contributed by atoms with Crippen molar-refractivity contribution in [2.75, 3.05) is 7.11 Å². The highest BCUT2D eigenvalue weighted by Gasteiger charge is 2.15. The molecule has 0 amide bonds. The molecule has 0 fully saturated rings. The zero-order chi connectivity index (χ0) is 9.26. The van der Waals surface area contributed by atoms with Crippen LogP contribution in [0.25, 0.3) is 5.57 Å². The lowest BCUT2D eigenvalue weighted by molar-refractivity contribution is 0.339. The number of hydrogen-bond donors (Lipinski definition) is 0. The Morgan fingerprint density at radius 2 is 2.23 bits per heavy atom. The van der Waals surface area contributed by atoms with Crippen LogP contribution in [0.4, 0.5) is 0 Å². The van der Waals surface area contributed by atoms with Crippen molar-refractivity contribution in [2.45, 2.75) is 12.8 Å². The van der Waals surface area contributed by atoms with Crippen LogP contribution in [0.2, 0.25) is 0 Å². The monoisotopic (exact) mass is 238 g/mol. The fourth-order valence-corrected chi connectivity index (χ4v) is 2.16. The topological polar surface area (TPSA) is 9.23 Å². The van der Waals surface area contributed by atoms with Gasteiger partial charge in [-0.25, -0.2) is 0 Å². The Morgan fingerprint density at radius 3 is 3.00 bits per heavy atom. The second-order valence-electron chi connectivity index (χ2n) is 3.18. The SMILES string of the molecule is CO/C=C1\CCc2cc(Br)ccc21. The van der Waals surface area contributed by atoms with Crippen molar-refractivity contribution in [1.29, 1.82) is 0 Å². The Balaban J connectivity index is 2.44. The van der Waals surface area contributed by atoms with E-state index in [9.17, 15) is 0 Å². The van der Waals surface area contributed by atoms with Gasteiger partial charge >= 0.3 is 0 Å². The summed E-state index contributed by atoms with van der Waals surface area (Å²) in [6, 6.07) is 6.41. The smallest absolute Gasteiger partial charge is 0.0862 e. The number of methoxy groups -OCH3 is 1. The van der Waals surface area contributed by atoms with Gasteiger partial charge in [-0.05, 0) is 41.7 Å². The molecule has 13 heavy (non-hydrogen) atoms. The third-order valence-corrected chi connectivity index (χ3v) is 2.83. The van der Waals surface area contributed by atoms with Gasteiger partial charge in [0.15, 0.2) is 0 Å². The van der Waals surface area contributed by atoms with E-state index < -0.39 is 0 Å². The van der Waals surface area contributed by atoms with Crippen molar-refractivity contribution >= 4 is 21.5 Å². The summed E-state index contributed by atoms with van der Waals surface area (Å²) >= 11 is 3.47. The van der Waals surface area contributed by atoms with E-state index in [1.165, 1.54) is 16.7 Å². The van der Waals surface area contributed by atoms with Crippen LogP contribution >= 0.6 is 15.9 Å². The molecule has 2 heteroatoms. The van der Waals surface area contributed by atoms with Crippen LogP contribution in [0.15, 0.2) is 28.9 Å². The Kier molecular flexibility index (Phi) is 2.40. The molecule has 1 aromatic carbocycles. The molecule has 0 aliphatic heterocycles. The maximum absolute atomic E-state index is 5.04. The van der Waals surface area contributed by atoms with Crippen molar-refractivity contribution < 1.29 is 4.74 Å². The van der Waals surface area contributed by atoms with Crippen molar-refractivity contribution in [3.05, 3.63) is 40.1 Å². The zero-order valence-electron chi connectivity index (χ0n) is 7.51. The molecule has 2 rings (SSSR count). The molecule has 1 aliphatic rings. The lowest BCUT2D eigenvalue weighted by Crippen LogP contribution is -1.81. The minimum Gasteiger partial charge on any atom is -0.504 e. The predicted octanol–water partition coefficient (Wildman–Crippen LogP) is 3.38. The minimum atomic E-state index is 1.10. The Labute approximate surface area is 86.5 Å². The Hall–Kier alpha value is -0.760. The van der Waals surface area contributed by atoms with Gasteiger partial charge in [-0.3, -0.25) is 0 Å². The van der Waals surface area contributed by atoms with Crippen molar-refractivity contribution in [2.24, 2.45) is 0 Å². The molecule has 0 bridgehead atoms. The molecule has 0 N–H and O–H groups in total. The zero-order valence-corrected chi connectivity index (χ0v) is 9.10. The molecule has 0 spiro atoms. The van der Waals surface area contributed by atoms with Crippen LogP contribution in [0.1, 0.15) is 17.5 Å². The highest BCUT2D eigenvalue weighted by Crippen LogP contribution is 2.33. The normalized spacial score (nSPS) is 17.5. The van der Waals surface area contributed by atoms with Crippen molar-refractivity contribution in [3.8, 4) is 0 Å². The second kappa shape index (κ2) is 3.54. The molecule has 1 aromatic rings. The number of allylic oxidation sites excluding steroid dienone is 1. The van der Waals surface area contributed by atoms with Gasteiger partial charge in [0, 0.05) is 4.47 Å². The van der Waals surface area contributed by atoms with Crippen molar-refractivity contribution in [3.63, 3.8) is 0 Å². The maximum Gasteiger partial charge on any atom is 0.0862 e. The number of aryl methyl sites for hydroxylation is 1. The summed E-state index contributed by atoms with van der Waals surface area (Å²) in [4.78, 5) is 0. The van der Waals surface area contributed by atoms with E-state index in [1.807, 2.05) is 6.26 Å². The molecule has 0 unspecified atom stereocenters. The van der Waals surface area contributed by atoms with E-state index in [4.69, 9.17) is 4.74 Å². The Morgan fingerprint density at radius 1 is 1.38 bits per heavy atom. The number of ether oxygens (including phenoxy) is 1. The first-order valence-electron chi connectivity index (χ1n) is 4.32. The number of benzene rings is 1. The lowest BCUT2D eigenvalue weighted by atomic mass is 10.1. The highest BCUT2D eigenvalue weighted by atomic mass is 79.9. The van der Waals surface area contributed by atoms with E-state index in [0.29, 0.717) is 0 Å². The number of hydrogen-bond acceptors (Lipinski definition) is 1. The quantitative estimate of drug-likeness (QED) is 0.682. The van der Waals surface area contributed by atoms with Crippen LogP contribution in [0.5, 0.6) is 0 Å². The van der Waals surface area contributed by atoms with Gasteiger partial charge in [-0.2, -0.15) is 0 Å². The molecule has 0 heterocycles. The molecule has 0 saturated heterocycles. The van der Waals surface area contributed by atoms with E-state index in [-0.39, 0.29) is 0 Å². The summed E-state index contributed by atoms with van der Waals surface area (Å²) in [5.41, 5.74) is 4.06. The van der Waals surface area contributed by atoms with Gasteiger partial charge in [0.05, 0.1) is 13.4 Å². The van der Waals surface area contributed by atoms with Crippen LogP contribution in [0, 0.1) is 0 Å². The average Bonchev–Trinajstić information content (AvgIpc) is 2.49. The van der Waals surface area contributed by atoms with Crippen LogP contribution in [-0.2, 0) is 11.2 Å². The van der Waals surface area contributed by atoms with Gasteiger partial charge in [0.1, 0.15) is 0 Å². The first-order chi connectivity index (χ1) is 6.31. The van der Waals surface area contributed by atoms with E-state index >= 15 is 0 Å². The van der Waals surface area contributed by atoms with E-state index in [2.05, 4.69) is 34.1 Å². The van der Waals surface area contributed by atoms with Crippen LogP contribution in [-0.4, -0.2) is 7.11 Å². The molecule has 68 valence electrons. The molecule has 0 aromatic heterocycles. The second-order valence-corrected chi connectivity index (χ2v) is 4.10. The minimum absolute atomic E-state index is 1.10. The molecule has 1 aliphatic carbocycles. The summed E-state index contributed by atoms with van der Waals surface area (Å²) in [5.74, 6) is 0. The van der Waals surface area contributed by atoms with Gasteiger partial charge in [-0.15, -0.1) is 0 Å². The Bertz CT molecular complexity index is 355. The van der Waals surface area contributed by atoms with Gasteiger partial charge in [-0.1, -0.05) is 22.0 Å². The van der Waals surface area contributed by atoms with Gasteiger partial charge in [0.25, 0.3) is 0 Å². The average molecular weight is 239 g/mol. The summed E-state index contributed by atoms with van der Waals surface area (Å²) in [7, 11) is 1.70. The third kappa shape index (κ3) is 1.63.